The van der Waals surface area contributed by atoms with Gasteiger partial charge in [0.2, 0.25) is 0 Å². The quantitative estimate of drug-likeness (QED) is 0.550. The van der Waals surface area contributed by atoms with Gasteiger partial charge in [-0.1, -0.05) is 0 Å². The first-order valence-corrected chi connectivity index (χ1v) is 8.15. The second-order valence-electron chi connectivity index (χ2n) is 6.38. The third-order valence-electron chi connectivity index (χ3n) is 4.87. The zero-order valence-corrected chi connectivity index (χ0v) is 15.1. The van der Waals surface area contributed by atoms with Gasteiger partial charge < -0.3 is 13.9 Å². The number of hydrogen-bond acceptors (Lipinski definition) is 4. The Hall–Kier alpha value is -3.29. The van der Waals surface area contributed by atoms with Crippen molar-refractivity contribution in [1.29, 1.82) is 0 Å². The first kappa shape index (κ1) is 16.2. The molecule has 0 fully saturated rings. The third kappa shape index (κ3) is 2.18. The van der Waals surface area contributed by atoms with E-state index in [-0.39, 0.29) is 17.8 Å². The highest BCUT2D eigenvalue weighted by Gasteiger charge is 2.16. The van der Waals surface area contributed by atoms with Gasteiger partial charge in [-0.15, -0.1) is 0 Å². The van der Waals surface area contributed by atoms with Crippen LogP contribution in [-0.2, 0) is 27.7 Å². The molecule has 0 aliphatic rings. The van der Waals surface area contributed by atoms with E-state index in [2.05, 4.69) is 4.98 Å². The van der Waals surface area contributed by atoms with Crippen molar-refractivity contribution in [3.05, 3.63) is 57.1 Å². The molecule has 0 saturated heterocycles. The number of aryl methyl sites for hydroxylation is 3. The summed E-state index contributed by atoms with van der Waals surface area (Å²) in [5.74, 6) is 0.763. The molecular weight excluding hydrogens is 334 g/mol. The van der Waals surface area contributed by atoms with Crippen molar-refractivity contribution in [2.45, 2.75) is 6.54 Å². The van der Waals surface area contributed by atoms with Gasteiger partial charge in [0.05, 0.1) is 20.0 Å². The van der Waals surface area contributed by atoms with Crippen molar-refractivity contribution < 1.29 is 4.74 Å². The number of fused-ring (bicyclic) bond motifs is 2. The molecule has 0 unspecified atom stereocenters. The molecule has 0 amide bonds. The van der Waals surface area contributed by atoms with Crippen molar-refractivity contribution >= 4 is 22.1 Å². The summed E-state index contributed by atoms with van der Waals surface area (Å²) in [7, 11) is 6.91. The van der Waals surface area contributed by atoms with E-state index in [1.165, 1.54) is 9.13 Å². The van der Waals surface area contributed by atoms with Crippen LogP contribution in [0.25, 0.3) is 22.1 Å². The summed E-state index contributed by atoms with van der Waals surface area (Å²) >= 11 is 0. The maximum Gasteiger partial charge on any atom is 0.332 e. The largest absolute Gasteiger partial charge is 0.497 e. The summed E-state index contributed by atoms with van der Waals surface area (Å²) in [4.78, 5) is 29.7. The van der Waals surface area contributed by atoms with Crippen LogP contribution in [0, 0.1) is 0 Å². The zero-order chi connectivity index (χ0) is 18.6. The van der Waals surface area contributed by atoms with E-state index in [0.29, 0.717) is 11.2 Å². The Labute approximate surface area is 148 Å². The molecule has 3 aromatic heterocycles. The number of hydrogen-bond donors (Lipinski definition) is 0. The Morgan fingerprint density at radius 2 is 1.85 bits per heavy atom. The van der Waals surface area contributed by atoms with Gasteiger partial charge in [-0.3, -0.25) is 13.9 Å². The van der Waals surface area contributed by atoms with Crippen molar-refractivity contribution in [2.24, 2.45) is 21.1 Å². The minimum Gasteiger partial charge on any atom is -0.497 e. The van der Waals surface area contributed by atoms with Crippen molar-refractivity contribution in [3.63, 3.8) is 0 Å². The minimum atomic E-state index is -0.385. The summed E-state index contributed by atoms with van der Waals surface area (Å²) in [6.45, 7) is 0.181. The van der Waals surface area contributed by atoms with E-state index in [0.717, 1.165) is 22.3 Å². The second kappa shape index (κ2) is 5.62. The van der Waals surface area contributed by atoms with Crippen molar-refractivity contribution in [2.75, 3.05) is 7.11 Å². The molecule has 0 aliphatic carbocycles. The minimum absolute atomic E-state index is 0.181. The lowest BCUT2D eigenvalue weighted by molar-refractivity contribution is 0.415. The van der Waals surface area contributed by atoms with Gasteiger partial charge in [-0.25, -0.2) is 9.78 Å². The maximum atomic E-state index is 12.9. The number of benzene rings is 1. The van der Waals surface area contributed by atoms with Gasteiger partial charge in [-0.2, -0.15) is 0 Å². The number of aromatic nitrogens is 5. The molecule has 0 bridgehead atoms. The predicted molar refractivity (Wildman–Crippen MR) is 98.8 cm³/mol. The highest BCUT2D eigenvalue weighted by molar-refractivity contribution is 5.82. The average Bonchev–Trinajstić information content (AvgIpc) is 3.17. The van der Waals surface area contributed by atoms with E-state index >= 15 is 0 Å². The van der Waals surface area contributed by atoms with Crippen LogP contribution in [0.5, 0.6) is 5.75 Å². The van der Waals surface area contributed by atoms with Gasteiger partial charge in [0.25, 0.3) is 5.56 Å². The summed E-state index contributed by atoms with van der Waals surface area (Å²) in [5.41, 5.74) is 1.93. The molecule has 134 valence electrons. The zero-order valence-electron chi connectivity index (χ0n) is 15.1. The molecule has 1 aromatic carbocycles. The van der Waals surface area contributed by atoms with Crippen LogP contribution in [0.15, 0.2) is 40.2 Å². The van der Waals surface area contributed by atoms with Crippen LogP contribution >= 0.6 is 0 Å². The van der Waals surface area contributed by atoms with E-state index in [4.69, 9.17) is 4.74 Å². The summed E-state index contributed by atoms with van der Waals surface area (Å²) in [6.07, 6.45) is 1.54. The lowest BCUT2D eigenvalue weighted by Gasteiger charge is -2.09. The van der Waals surface area contributed by atoms with Crippen molar-refractivity contribution in [1.82, 2.24) is 23.3 Å². The van der Waals surface area contributed by atoms with E-state index in [1.54, 1.807) is 32.1 Å². The molecule has 8 heteroatoms. The number of methoxy groups -OCH3 is 1. The number of nitrogens with zero attached hydrogens (tertiary/aromatic N) is 5. The molecule has 0 aliphatic heterocycles. The third-order valence-corrected chi connectivity index (χ3v) is 4.87. The molecule has 0 spiro atoms. The molecule has 0 N–H and O–H groups in total. The summed E-state index contributed by atoms with van der Waals surface area (Å²) in [6, 6.07) is 7.75. The summed E-state index contributed by atoms with van der Waals surface area (Å²) < 4.78 is 11.5. The molecule has 0 radical (unpaired) electrons. The first-order chi connectivity index (χ1) is 12.4. The van der Waals surface area contributed by atoms with Gasteiger partial charge in [0.15, 0.2) is 11.2 Å². The number of rotatable bonds is 3. The lowest BCUT2D eigenvalue weighted by Crippen LogP contribution is -2.40. The van der Waals surface area contributed by atoms with Crippen molar-refractivity contribution in [3.8, 4) is 5.75 Å². The Bertz CT molecular complexity index is 1270. The highest BCUT2D eigenvalue weighted by atomic mass is 16.5. The Morgan fingerprint density at radius 3 is 2.58 bits per heavy atom. The fraction of sp³-hybridized carbons (Fsp3) is 0.278. The standard InChI is InChI=1S/C18H19N5O3/c1-20-10-19-16-15(20)17(24)23(18(25)22(16)3)9-12-7-11-8-13(26-4)5-6-14(11)21(12)2/h5-8,10H,9H2,1-4H3. The predicted octanol–water partition coefficient (Wildman–Crippen LogP) is 0.982. The molecule has 3 heterocycles. The number of imidazole rings is 1. The van der Waals surface area contributed by atoms with E-state index < -0.39 is 0 Å². The first-order valence-electron chi connectivity index (χ1n) is 8.15. The molecule has 4 aromatic rings. The van der Waals surface area contributed by atoms with Crippen LogP contribution in [-0.4, -0.2) is 30.4 Å². The van der Waals surface area contributed by atoms with E-state index in [1.807, 2.05) is 35.9 Å². The van der Waals surface area contributed by atoms with Gasteiger partial charge in [-0.05, 0) is 24.3 Å². The van der Waals surface area contributed by atoms with Crippen LogP contribution in [0.3, 0.4) is 0 Å². The van der Waals surface area contributed by atoms with Gasteiger partial charge in [0.1, 0.15) is 5.75 Å². The Morgan fingerprint density at radius 1 is 1.08 bits per heavy atom. The smallest absolute Gasteiger partial charge is 0.332 e. The normalized spacial score (nSPS) is 11.5. The number of ether oxygens (including phenoxy) is 1. The second-order valence-corrected chi connectivity index (χ2v) is 6.38. The SMILES string of the molecule is COc1ccc2c(c1)cc(Cn1c(=O)c3c(ncn3C)n(C)c1=O)n2C. The monoisotopic (exact) mass is 353 g/mol. The van der Waals surface area contributed by atoms with E-state index in [9.17, 15) is 9.59 Å². The molecule has 8 nitrogen and oxygen atoms in total. The average molecular weight is 353 g/mol. The van der Waals surface area contributed by atoms with Gasteiger partial charge in [0, 0.05) is 37.7 Å². The molecule has 4 rings (SSSR count). The van der Waals surface area contributed by atoms with Gasteiger partial charge >= 0.3 is 5.69 Å². The van der Waals surface area contributed by atoms with Crippen LogP contribution in [0.1, 0.15) is 5.69 Å². The van der Waals surface area contributed by atoms with Crippen LogP contribution < -0.4 is 16.0 Å². The lowest BCUT2D eigenvalue weighted by atomic mass is 10.2. The fourth-order valence-electron chi connectivity index (χ4n) is 3.36. The summed E-state index contributed by atoms with van der Waals surface area (Å²) in [5, 5.41) is 0.994. The Balaban J connectivity index is 1.92. The maximum absolute atomic E-state index is 12.9. The molecule has 26 heavy (non-hydrogen) atoms. The van der Waals surface area contributed by atoms with Crippen LogP contribution in [0.2, 0.25) is 0 Å². The topological polar surface area (TPSA) is 76.0 Å². The fourth-order valence-corrected chi connectivity index (χ4v) is 3.36. The molecule has 0 saturated carbocycles. The Kier molecular flexibility index (Phi) is 3.50. The molecule has 0 atom stereocenters. The highest BCUT2D eigenvalue weighted by Crippen LogP contribution is 2.24. The molecular formula is C18H19N5O3. The van der Waals surface area contributed by atoms with Crippen LogP contribution in [0.4, 0.5) is 0 Å².